The molecule has 2 aromatic heterocycles. The highest BCUT2D eigenvalue weighted by atomic mass is 16.1. The smallest absolute Gasteiger partial charge is 0.227 e. The van der Waals surface area contributed by atoms with Crippen molar-refractivity contribution in [3.8, 4) is 0 Å². The van der Waals surface area contributed by atoms with Gasteiger partial charge >= 0.3 is 0 Å². The van der Waals surface area contributed by atoms with Gasteiger partial charge in [-0.3, -0.25) is 9.78 Å². The standard InChI is InChI=1S/C14H16N6O/c15-13(21)5-10-1-2-11(7-17-10)19-14-18-6-9-3-4-16-8-12(9)20-14/h1-2,6-7,16H,3-5,8H2,(H2,15,21)(H,18,19,20). The highest BCUT2D eigenvalue weighted by molar-refractivity contribution is 5.76. The van der Waals surface area contributed by atoms with Crippen LogP contribution < -0.4 is 16.4 Å². The van der Waals surface area contributed by atoms with Crippen LogP contribution in [0, 0.1) is 0 Å². The number of nitrogens with zero attached hydrogens (tertiary/aromatic N) is 3. The normalized spacial score (nSPS) is 13.5. The molecule has 7 heteroatoms. The van der Waals surface area contributed by atoms with E-state index in [-0.39, 0.29) is 6.42 Å². The number of hydrogen-bond donors (Lipinski definition) is 3. The number of rotatable bonds is 4. The molecule has 1 aliphatic rings. The summed E-state index contributed by atoms with van der Waals surface area (Å²) in [5, 5.41) is 6.39. The van der Waals surface area contributed by atoms with Crippen molar-refractivity contribution in [1.29, 1.82) is 0 Å². The van der Waals surface area contributed by atoms with Crippen molar-refractivity contribution in [3.63, 3.8) is 0 Å². The minimum atomic E-state index is -0.395. The first kappa shape index (κ1) is 13.4. The first-order chi connectivity index (χ1) is 10.2. The molecule has 0 spiro atoms. The Morgan fingerprint density at radius 2 is 2.24 bits per heavy atom. The Hall–Kier alpha value is -2.54. The summed E-state index contributed by atoms with van der Waals surface area (Å²) in [5.41, 5.74) is 8.76. The number of hydrogen-bond acceptors (Lipinski definition) is 6. The van der Waals surface area contributed by atoms with E-state index < -0.39 is 5.91 Å². The Balaban J connectivity index is 1.72. The van der Waals surface area contributed by atoms with Gasteiger partial charge in [-0.05, 0) is 30.7 Å². The third-order valence-electron chi connectivity index (χ3n) is 3.25. The average Bonchev–Trinajstić information content (AvgIpc) is 2.49. The second-order valence-corrected chi connectivity index (χ2v) is 4.90. The number of nitrogens with one attached hydrogen (secondary N) is 2. The number of carbonyl (C=O) groups is 1. The Morgan fingerprint density at radius 3 is 3.00 bits per heavy atom. The fourth-order valence-corrected chi connectivity index (χ4v) is 2.20. The fraction of sp³-hybridized carbons (Fsp3) is 0.286. The number of fused-ring (bicyclic) bond motifs is 1. The lowest BCUT2D eigenvalue weighted by atomic mass is 10.1. The maximum atomic E-state index is 10.8. The minimum Gasteiger partial charge on any atom is -0.369 e. The molecular formula is C14H16N6O. The van der Waals surface area contributed by atoms with Gasteiger partial charge in [-0.2, -0.15) is 0 Å². The Bertz CT molecular complexity index is 655. The number of nitrogens with two attached hydrogens (primary N) is 1. The second-order valence-electron chi connectivity index (χ2n) is 4.90. The van der Waals surface area contributed by atoms with Crippen molar-refractivity contribution in [3.05, 3.63) is 41.5 Å². The van der Waals surface area contributed by atoms with Crippen molar-refractivity contribution in [2.24, 2.45) is 5.73 Å². The topological polar surface area (TPSA) is 106 Å². The molecule has 0 aromatic carbocycles. The van der Waals surface area contributed by atoms with Crippen molar-refractivity contribution in [2.75, 3.05) is 11.9 Å². The maximum absolute atomic E-state index is 10.8. The van der Waals surface area contributed by atoms with Crippen LogP contribution in [-0.4, -0.2) is 27.4 Å². The van der Waals surface area contributed by atoms with E-state index in [1.165, 1.54) is 5.56 Å². The average molecular weight is 284 g/mol. The fourth-order valence-electron chi connectivity index (χ4n) is 2.20. The van der Waals surface area contributed by atoms with Crippen LogP contribution in [0.4, 0.5) is 11.6 Å². The Labute approximate surface area is 122 Å². The van der Waals surface area contributed by atoms with E-state index in [0.29, 0.717) is 11.6 Å². The van der Waals surface area contributed by atoms with Crippen LogP contribution in [0.15, 0.2) is 24.5 Å². The van der Waals surface area contributed by atoms with Gasteiger partial charge < -0.3 is 16.4 Å². The van der Waals surface area contributed by atoms with Crippen LogP contribution in [-0.2, 0) is 24.2 Å². The van der Waals surface area contributed by atoms with Crippen LogP contribution in [0.3, 0.4) is 0 Å². The van der Waals surface area contributed by atoms with Crippen LogP contribution in [0.5, 0.6) is 0 Å². The van der Waals surface area contributed by atoms with Gasteiger partial charge in [0.2, 0.25) is 11.9 Å². The van der Waals surface area contributed by atoms with Gasteiger partial charge in [0.05, 0.1) is 24.0 Å². The summed E-state index contributed by atoms with van der Waals surface area (Å²) >= 11 is 0. The summed E-state index contributed by atoms with van der Waals surface area (Å²) in [6.45, 7) is 1.73. The van der Waals surface area contributed by atoms with Crippen LogP contribution in [0.25, 0.3) is 0 Å². The molecule has 108 valence electrons. The third kappa shape index (κ3) is 3.32. The van der Waals surface area contributed by atoms with Crippen LogP contribution >= 0.6 is 0 Å². The predicted molar refractivity (Wildman–Crippen MR) is 77.9 cm³/mol. The number of aromatic nitrogens is 3. The third-order valence-corrected chi connectivity index (χ3v) is 3.25. The van der Waals surface area contributed by atoms with Gasteiger partial charge in [-0.1, -0.05) is 0 Å². The van der Waals surface area contributed by atoms with Gasteiger partial charge in [0.1, 0.15) is 0 Å². The van der Waals surface area contributed by atoms with E-state index in [0.717, 1.165) is 30.9 Å². The van der Waals surface area contributed by atoms with E-state index >= 15 is 0 Å². The minimum absolute atomic E-state index is 0.140. The summed E-state index contributed by atoms with van der Waals surface area (Å²) in [6.07, 6.45) is 4.60. The summed E-state index contributed by atoms with van der Waals surface area (Å²) in [4.78, 5) is 23.8. The molecule has 7 nitrogen and oxygen atoms in total. The molecule has 0 aliphatic carbocycles. The highest BCUT2D eigenvalue weighted by Gasteiger charge is 2.11. The molecule has 0 fully saturated rings. The lowest BCUT2D eigenvalue weighted by Gasteiger charge is -2.16. The molecule has 0 radical (unpaired) electrons. The number of carbonyl (C=O) groups excluding carboxylic acids is 1. The molecular weight excluding hydrogens is 268 g/mol. The molecule has 0 saturated carbocycles. The first-order valence-electron chi connectivity index (χ1n) is 6.76. The SMILES string of the molecule is NC(=O)Cc1ccc(Nc2ncc3c(n2)CNCC3)cn1. The maximum Gasteiger partial charge on any atom is 0.227 e. The van der Waals surface area contributed by atoms with E-state index in [1.807, 2.05) is 12.3 Å². The molecule has 3 heterocycles. The van der Waals surface area contributed by atoms with E-state index in [1.54, 1.807) is 12.3 Å². The van der Waals surface area contributed by atoms with Gasteiger partial charge in [0, 0.05) is 18.4 Å². The van der Waals surface area contributed by atoms with Crippen molar-refractivity contribution in [2.45, 2.75) is 19.4 Å². The molecule has 1 amide bonds. The second kappa shape index (κ2) is 5.84. The lowest BCUT2D eigenvalue weighted by molar-refractivity contribution is -0.117. The Kier molecular flexibility index (Phi) is 3.74. The zero-order valence-corrected chi connectivity index (χ0v) is 11.5. The zero-order valence-electron chi connectivity index (χ0n) is 11.5. The summed E-state index contributed by atoms with van der Waals surface area (Å²) < 4.78 is 0. The van der Waals surface area contributed by atoms with Gasteiger partial charge in [-0.25, -0.2) is 9.97 Å². The van der Waals surface area contributed by atoms with Crippen molar-refractivity contribution in [1.82, 2.24) is 20.3 Å². The molecule has 0 unspecified atom stereocenters. The molecule has 21 heavy (non-hydrogen) atoms. The van der Waals surface area contributed by atoms with E-state index in [2.05, 4.69) is 25.6 Å². The van der Waals surface area contributed by atoms with Crippen LogP contribution in [0.1, 0.15) is 17.0 Å². The number of pyridine rings is 1. The summed E-state index contributed by atoms with van der Waals surface area (Å²) in [6, 6.07) is 3.58. The molecule has 2 aromatic rings. The molecule has 4 N–H and O–H groups in total. The van der Waals surface area contributed by atoms with Gasteiger partial charge in [0.15, 0.2) is 0 Å². The van der Waals surface area contributed by atoms with Gasteiger partial charge in [-0.15, -0.1) is 0 Å². The number of primary amides is 1. The van der Waals surface area contributed by atoms with Crippen molar-refractivity contribution >= 4 is 17.5 Å². The molecule has 1 aliphatic heterocycles. The van der Waals surface area contributed by atoms with E-state index in [4.69, 9.17) is 5.73 Å². The summed E-state index contributed by atoms with van der Waals surface area (Å²) in [7, 11) is 0. The molecule has 0 saturated heterocycles. The molecule has 0 atom stereocenters. The molecule has 3 rings (SSSR count). The lowest BCUT2D eigenvalue weighted by Crippen LogP contribution is -2.25. The zero-order chi connectivity index (χ0) is 14.7. The summed E-state index contributed by atoms with van der Waals surface area (Å²) in [5.74, 6) is 0.149. The van der Waals surface area contributed by atoms with Gasteiger partial charge in [0.25, 0.3) is 0 Å². The molecule has 0 bridgehead atoms. The Morgan fingerprint density at radius 1 is 1.33 bits per heavy atom. The largest absolute Gasteiger partial charge is 0.369 e. The highest BCUT2D eigenvalue weighted by Crippen LogP contribution is 2.16. The van der Waals surface area contributed by atoms with E-state index in [9.17, 15) is 4.79 Å². The van der Waals surface area contributed by atoms with Crippen molar-refractivity contribution < 1.29 is 4.79 Å². The van der Waals surface area contributed by atoms with Crippen LogP contribution in [0.2, 0.25) is 0 Å². The number of anilines is 2. The predicted octanol–water partition coefficient (Wildman–Crippen LogP) is 0.289. The first-order valence-corrected chi connectivity index (χ1v) is 6.76. The monoisotopic (exact) mass is 284 g/mol. The number of amides is 1. The quantitative estimate of drug-likeness (QED) is 0.745.